The lowest BCUT2D eigenvalue weighted by Gasteiger charge is -2.30. The highest BCUT2D eigenvalue weighted by Crippen LogP contribution is 2.51. The minimum absolute atomic E-state index is 0.0289. The zero-order valence-corrected chi connectivity index (χ0v) is 16.9. The van der Waals surface area contributed by atoms with Gasteiger partial charge in [0.05, 0.1) is 0 Å². The number of carbonyl (C=O) groups is 1. The first-order chi connectivity index (χ1) is 13.8. The average molecular weight is 399 g/mol. The van der Waals surface area contributed by atoms with Crippen LogP contribution in [0.25, 0.3) is 0 Å². The molecule has 6 heteroatoms. The van der Waals surface area contributed by atoms with Gasteiger partial charge in [0.1, 0.15) is 0 Å². The number of nitrogens with zero attached hydrogens (tertiary/aromatic N) is 2. The number of fused-ring (bicyclic) bond motifs is 1. The number of benzene rings is 2. The molecule has 154 valence electrons. The zero-order chi connectivity index (χ0) is 20.6. The summed E-state index contributed by atoms with van der Waals surface area (Å²) in [7, 11) is 0. The van der Waals surface area contributed by atoms with Gasteiger partial charge in [0.25, 0.3) is 0 Å². The predicted octanol–water partition coefficient (Wildman–Crippen LogP) is 4.02. The molecule has 2 atom stereocenters. The summed E-state index contributed by atoms with van der Waals surface area (Å²) in [6.07, 6.45) is 0. The molecule has 0 aromatic heterocycles. The van der Waals surface area contributed by atoms with Crippen LogP contribution in [0.3, 0.4) is 0 Å². The third-order valence-electron chi connectivity index (χ3n) is 6.65. The molecule has 0 bridgehead atoms. The van der Waals surface area contributed by atoms with Crippen molar-refractivity contribution in [1.29, 1.82) is 0 Å². The monoisotopic (exact) mass is 399 g/mol. The molecule has 0 saturated carbocycles. The van der Waals surface area contributed by atoms with E-state index in [2.05, 4.69) is 48.3 Å². The van der Waals surface area contributed by atoms with Gasteiger partial charge in [-0.25, -0.2) is 13.6 Å². The van der Waals surface area contributed by atoms with E-state index in [0.717, 1.165) is 31.8 Å². The highest BCUT2D eigenvalue weighted by molar-refractivity contribution is 5.74. The average Bonchev–Trinajstić information content (AvgIpc) is 3.06. The molecule has 2 aromatic carbocycles. The van der Waals surface area contributed by atoms with Crippen LogP contribution in [0.15, 0.2) is 48.5 Å². The second-order valence-electron chi connectivity index (χ2n) is 9.02. The molecule has 4 nitrogen and oxygen atoms in total. The molecular weight excluding hydrogens is 372 g/mol. The van der Waals surface area contributed by atoms with Crippen molar-refractivity contribution < 1.29 is 13.6 Å². The van der Waals surface area contributed by atoms with Crippen molar-refractivity contribution in [3.8, 4) is 0 Å². The first-order valence-electron chi connectivity index (χ1n) is 10.0. The van der Waals surface area contributed by atoms with Crippen molar-refractivity contribution in [2.24, 2.45) is 10.8 Å². The van der Waals surface area contributed by atoms with Crippen LogP contribution in [-0.2, 0) is 13.1 Å². The molecule has 0 spiro atoms. The normalized spacial score (nSPS) is 26.6. The maximum atomic E-state index is 13.4. The Morgan fingerprint density at radius 3 is 2.21 bits per heavy atom. The molecule has 2 saturated heterocycles. The van der Waals surface area contributed by atoms with Crippen molar-refractivity contribution in [1.82, 2.24) is 15.1 Å². The molecule has 2 fully saturated rings. The molecule has 2 aliphatic rings. The smallest absolute Gasteiger partial charge is 0.317 e. The van der Waals surface area contributed by atoms with Crippen molar-refractivity contribution in [3.63, 3.8) is 0 Å². The maximum Gasteiger partial charge on any atom is 0.317 e. The first-order valence-corrected chi connectivity index (χ1v) is 10.0. The molecule has 29 heavy (non-hydrogen) atoms. The SMILES string of the molecule is C[C@@]12CN(Cc3ccccc3)C[C@]1(C)CN(C(=O)NCc1ccc(F)c(F)c1)C2. The summed E-state index contributed by atoms with van der Waals surface area (Å²) >= 11 is 0. The van der Waals surface area contributed by atoms with Crippen molar-refractivity contribution in [2.75, 3.05) is 26.2 Å². The van der Waals surface area contributed by atoms with Crippen LogP contribution < -0.4 is 5.32 Å². The van der Waals surface area contributed by atoms with Crippen LogP contribution in [0.4, 0.5) is 13.6 Å². The van der Waals surface area contributed by atoms with Gasteiger partial charge < -0.3 is 10.2 Å². The van der Waals surface area contributed by atoms with E-state index in [-0.39, 0.29) is 23.4 Å². The van der Waals surface area contributed by atoms with Crippen LogP contribution in [-0.4, -0.2) is 42.0 Å². The Balaban J connectivity index is 1.35. The molecular formula is C23H27F2N3O. The number of hydrogen-bond acceptors (Lipinski definition) is 2. The Morgan fingerprint density at radius 1 is 0.931 bits per heavy atom. The van der Waals surface area contributed by atoms with E-state index in [1.807, 2.05) is 11.0 Å². The Labute approximate surface area is 170 Å². The fourth-order valence-electron chi connectivity index (χ4n) is 4.84. The van der Waals surface area contributed by atoms with Crippen molar-refractivity contribution in [3.05, 3.63) is 71.3 Å². The van der Waals surface area contributed by atoms with E-state index in [1.165, 1.54) is 11.6 Å². The molecule has 4 rings (SSSR count). The largest absolute Gasteiger partial charge is 0.334 e. The standard InChI is InChI=1S/C23H27F2N3O/c1-22-13-27(12-17-6-4-3-5-7-17)14-23(22,2)16-28(15-22)21(29)26-11-18-8-9-19(24)20(25)10-18/h3-10H,11-16H2,1-2H3,(H,26,29)/t22-,23+. The lowest BCUT2D eigenvalue weighted by molar-refractivity contribution is 0.190. The van der Waals surface area contributed by atoms with Gasteiger partial charge in [-0.1, -0.05) is 50.2 Å². The number of hydrogen-bond donors (Lipinski definition) is 1. The minimum atomic E-state index is -0.897. The Morgan fingerprint density at radius 2 is 1.59 bits per heavy atom. The van der Waals surface area contributed by atoms with Gasteiger partial charge in [0.2, 0.25) is 0 Å². The van der Waals surface area contributed by atoms with Crippen molar-refractivity contribution in [2.45, 2.75) is 26.9 Å². The number of rotatable bonds is 4. The van der Waals surface area contributed by atoms with Gasteiger partial charge in [-0.3, -0.25) is 4.90 Å². The summed E-state index contributed by atoms with van der Waals surface area (Å²) in [5, 5.41) is 2.85. The predicted molar refractivity (Wildman–Crippen MR) is 108 cm³/mol. The van der Waals surface area contributed by atoms with Crippen LogP contribution in [0.5, 0.6) is 0 Å². The summed E-state index contributed by atoms with van der Waals surface area (Å²) in [6.45, 7) is 8.92. The second kappa shape index (κ2) is 7.41. The quantitative estimate of drug-likeness (QED) is 0.843. The molecule has 2 aliphatic heterocycles. The number of likely N-dealkylation sites (tertiary alicyclic amines) is 2. The van der Waals surface area contributed by atoms with E-state index < -0.39 is 11.6 Å². The summed E-state index contributed by atoms with van der Waals surface area (Å²) in [4.78, 5) is 17.0. The van der Waals surface area contributed by atoms with E-state index in [0.29, 0.717) is 18.7 Å². The molecule has 0 radical (unpaired) electrons. The molecule has 1 N–H and O–H groups in total. The molecule has 0 unspecified atom stereocenters. The summed E-state index contributed by atoms with van der Waals surface area (Å²) in [5.74, 6) is -1.78. The van der Waals surface area contributed by atoms with Gasteiger partial charge in [0, 0.05) is 50.1 Å². The topological polar surface area (TPSA) is 35.6 Å². The van der Waals surface area contributed by atoms with Crippen LogP contribution in [0.1, 0.15) is 25.0 Å². The third-order valence-corrected chi connectivity index (χ3v) is 6.65. The van der Waals surface area contributed by atoms with Crippen LogP contribution in [0, 0.1) is 22.5 Å². The van der Waals surface area contributed by atoms with Crippen LogP contribution in [0.2, 0.25) is 0 Å². The maximum absolute atomic E-state index is 13.4. The number of nitrogens with one attached hydrogen (secondary N) is 1. The third kappa shape index (κ3) is 3.86. The Kier molecular flexibility index (Phi) is 5.07. The van der Waals surface area contributed by atoms with Gasteiger partial charge in [-0.15, -0.1) is 0 Å². The lowest BCUT2D eigenvalue weighted by Crippen LogP contribution is -2.41. The van der Waals surface area contributed by atoms with Gasteiger partial charge in [0.15, 0.2) is 11.6 Å². The highest BCUT2D eigenvalue weighted by atomic mass is 19.2. The fraction of sp³-hybridized carbons (Fsp3) is 0.435. The van der Waals surface area contributed by atoms with Crippen LogP contribution >= 0.6 is 0 Å². The Bertz CT molecular complexity index is 886. The number of carbonyl (C=O) groups excluding carboxylic acids is 1. The summed E-state index contributed by atoms with van der Waals surface area (Å²) in [5.41, 5.74) is 1.91. The summed E-state index contributed by atoms with van der Waals surface area (Å²) < 4.78 is 26.4. The van der Waals surface area contributed by atoms with E-state index in [9.17, 15) is 13.6 Å². The number of amides is 2. The Hall–Kier alpha value is -2.47. The molecule has 2 amide bonds. The highest BCUT2D eigenvalue weighted by Gasteiger charge is 2.58. The van der Waals surface area contributed by atoms with E-state index in [4.69, 9.17) is 0 Å². The van der Waals surface area contributed by atoms with E-state index in [1.54, 1.807) is 0 Å². The second-order valence-corrected chi connectivity index (χ2v) is 9.02. The first kappa shape index (κ1) is 19.8. The molecule has 0 aliphatic carbocycles. The van der Waals surface area contributed by atoms with Crippen molar-refractivity contribution >= 4 is 6.03 Å². The lowest BCUT2D eigenvalue weighted by atomic mass is 9.71. The molecule has 2 aromatic rings. The molecule has 2 heterocycles. The minimum Gasteiger partial charge on any atom is -0.334 e. The van der Waals surface area contributed by atoms with E-state index >= 15 is 0 Å². The van der Waals surface area contributed by atoms with Gasteiger partial charge >= 0.3 is 6.03 Å². The zero-order valence-electron chi connectivity index (χ0n) is 16.9. The fourth-order valence-corrected chi connectivity index (χ4v) is 4.84. The van der Waals surface area contributed by atoms with Gasteiger partial charge in [-0.05, 0) is 23.3 Å². The van der Waals surface area contributed by atoms with Gasteiger partial charge in [-0.2, -0.15) is 0 Å². The number of urea groups is 1. The number of halogens is 2. The summed E-state index contributed by atoms with van der Waals surface area (Å²) in [6, 6.07) is 14.0.